The van der Waals surface area contributed by atoms with Crippen molar-refractivity contribution in [1.29, 1.82) is 0 Å². The van der Waals surface area contributed by atoms with Gasteiger partial charge in [0.15, 0.2) is 0 Å². The van der Waals surface area contributed by atoms with E-state index in [1.807, 2.05) is 35.8 Å². The molecule has 22 heavy (non-hydrogen) atoms. The van der Waals surface area contributed by atoms with E-state index in [0.29, 0.717) is 6.42 Å². The van der Waals surface area contributed by atoms with Gasteiger partial charge in [0.05, 0.1) is 11.6 Å². The van der Waals surface area contributed by atoms with Gasteiger partial charge in [-0.2, -0.15) is 16.9 Å². The maximum absolute atomic E-state index is 12.4. The Morgan fingerprint density at radius 2 is 2.36 bits per heavy atom. The van der Waals surface area contributed by atoms with Gasteiger partial charge in [-0.25, -0.2) is 4.98 Å². The topological polar surface area (TPSA) is 63.6 Å². The predicted molar refractivity (Wildman–Crippen MR) is 90.8 cm³/mol. The molecule has 1 N–H and O–H groups in total. The summed E-state index contributed by atoms with van der Waals surface area (Å²) in [5.41, 5.74) is 2.38. The fourth-order valence-corrected chi connectivity index (χ4v) is 5.18. The largest absolute Gasteiger partial charge is 0.310 e. The van der Waals surface area contributed by atoms with Crippen LogP contribution < -0.4 is 5.56 Å². The first-order valence-electron chi connectivity index (χ1n) is 7.31. The minimum Gasteiger partial charge on any atom is -0.310 e. The number of aryl methyl sites for hydroxylation is 4. The molecule has 4 heterocycles. The van der Waals surface area contributed by atoms with Crippen LogP contribution in [-0.2, 0) is 25.1 Å². The maximum atomic E-state index is 12.4. The highest BCUT2D eigenvalue weighted by Crippen LogP contribution is 2.35. The summed E-state index contributed by atoms with van der Waals surface area (Å²) in [5.74, 6) is 2.85. The Hall–Kier alpha value is -1.60. The zero-order valence-corrected chi connectivity index (χ0v) is 13.9. The molecular weight excluding hydrogens is 316 g/mol. The highest BCUT2D eigenvalue weighted by Gasteiger charge is 2.19. The second kappa shape index (κ2) is 5.55. The van der Waals surface area contributed by atoms with Crippen LogP contribution in [0.5, 0.6) is 0 Å². The summed E-state index contributed by atoms with van der Waals surface area (Å²) in [4.78, 5) is 22.3. The summed E-state index contributed by atoms with van der Waals surface area (Å²) in [6, 6.07) is 0. The van der Waals surface area contributed by atoms with Crippen molar-refractivity contribution in [3.8, 4) is 0 Å². The van der Waals surface area contributed by atoms with E-state index in [1.165, 1.54) is 10.4 Å². The lowest BCUT2D eigenvalue weighted by Crippen LogP contribution is -2.14. The van der Waals surface area contributed by atoms with Crippen molar-refractivity contribution in [2.24, 2.45) is 0 Å². The first kappa shape index (κ1) is 14.0. The Kier molecular flexibility index (Phi) is 3.54. The SMILES string of the molecule is Cc1cnn(CCc2nc3sc4c(c3c(=O)[nH]2)CCSC4)c1. The molecule has 0 aromatic carbocycles. The van der Waals surface area contributed by atoms with Gasteiger partial charge < -0.3 is 4.98 Å². The molecule has 0 saturated heterocycles. The van der Waals surface area contributed by atoms with Gasteiger partial charge in [-0.1, -0.05) is 0 Å². The van der Waals surface area contributed by atoms with Crippen molar-refractivity contribution in [3.05, 3.63) is 44.6 Å². The summed E-state index contributed by atoms with van der Waals surface area (Å²) in [6.07, 6.45) is 5.50. The van der Waals surface area contributed by atoms with E-state index in [2.05, 4.69) is 15.1 Å². The van der Waals surface area contributed by atoms with Crippen molar-refractivity contribution in [2.45, 2.75) is 32.1 Å². The molecule has 0 spiro atoms. The molecular formula is C15H16N4OS2. The molecule has 0 unspecified atom stereocenters. The lowest BCUT2D eigenvalue weighted by molar-refractivity contribution is 0.600. The molecule has 5 nitrogen and oxygen atoms in total. The molecule has 114 valence electrons. The molecule has 0 bridgehead atoms. The van der Waals surface area contributed by atoms with Crippen LogP contribution in [-0.4, -0.2) is 25.5 Å². The number of rotatable bonds is 3. The van der Waals surface area contributed by atoms with Crippen LogP contribution in [0.25, 0.3) is 10.2 Å². The number of fused-ring (bicyclic) bond motifs is 3. The Morgan fingerprint density at radius 3 is 3.18 bits per heavy atom. The minimum atomic E-state index is 0.0149. The first-order chi connectivity index (χ1) is 10.7. The molecule has 0 radical (unpaired) electrons. The highest BCUT2D eigenvalue weighted by atomic mass is 32.2. The number of thiophene rings is 1. The summed E-state index contributed by atoms with van der Waals surface area (Å²) in [5, 5.41) is 5.08. The van der Waals surface area contributed by atoms with Gasteiger partial charge in [0.25, 0.3) is 5.56 Å². The minimum absolute atomic E-state index is 0.0149. The monoisotopic (exact) mass is 332 g/mol. The average Bonchev–Trinajstić information content (AvgIpc) is 3.08. The van der Waals surface area contributed by atoms with Gasteiger partial charge in [-0.3, -0.25) is 9.48 Å². The molecule has 0 fully saturated rings. The van der Waals surface area contributed by atoms with E-state index >= 15 is 0 Å². The number of nitrogens with zero attached hydrogens (tertiary/aromatic N) is 3. The fourth-order valence-electron chi connectivity index (χ4n) is 2.80. The van der Waals surface area contributed by atoms with Crippen LogP contribution in [0.2, 0.25) is 0 Å². The van der Waals surface area contributed by atoms with E-state index in [-0.39, 0.29) is 5.56 Å². The Labute approximate surface area is 135 Å². The quantitative estimate of drug-likeness (QED) is 0.800. The maximum Gasteiger partial charge on any atom is 0.259 e. The number of nitrogens with one attached hydrogen (secondary N) is 1. The van der Waals surface area contributed by atoms with Crippen molar-refractivity contribution < 1.29 is 0 Å². The molecule has 4 rings (SSSR count). The molecule has 0 aliphatic carbocycles. The zero-order valence-electron chi connectivity index (χ0n) is 12.3. The Balaban J connectivity index is 1.66. The fraction of sp³-hybridized carbons (Fsp3) is 0.400. The van der Waals surface area contributed by atoms with Gasteiger partial charge in [-0.05, 0) is 30.2 Å². The van der Waals surface area contributed by atoms with Crippen LogP contribution in [0.4, 0.5) is 0 Å². The second-order valence-corrected chi connectivity index (χ2v) is 7.72. The van der Waals surface area contributed by atoms with E-state index < -0.39 is 0 Å². The normalized spacial score (nSPS) is 14.4. The van der Waals surface area contributed by atoms with Crippen LogP contribution in [0.3, 0.4) is 0 Å². The number of aromatic amines is 1. The number of aromatic nitrogens is 4. The molecule has 0 saturated carbocycles. The van der Waals surface area contributed by atoms with Crippen molar-refractivity contribution in [1.82, 2.24) is 19.7 Å². The number of thioether (sulfide) groups is 1. The summed E-state index contributed by atoms with van der Waals surface area (Å²) in [7, 11) is 0. The number of hydrogen-bond donors (Lipinski definition) is 1. The number of H-pyrrole nitrogens is 1. The molecule has 3 aromatic rings. The lowest BCUT2D eigenvalue weighted by atomic mass is 10.1. The smallest absolute Gasteiger partial charge is 0.259 e. The van der Waals surface area contributed by atoms with Gasteiger partial charge in [0.1, 0.15) is 10.7 Å². The highest BCUT2D eigenvalue weighted by molar-refractivity contribution is 7.98. The van der Waals surface area contributed by atoms with E-state index in [1.54, 1.807) is 11.3 Å². The summed E-state index contributed by atoms with van der Waals surface area (Å²) < 4.78 is 1.88. The third-order valence-electron chi connectivity index (χ3n) is 3.86. The van der Waals surface area contributed by atoms with Crippen LogP contribution in [0.1, 0.15) is 21.8 Å². The third kappa shape index (κ3) is 2.48. The first-order valence-corrected chi connectivity index (χ1v) is 9.28. The zero-order chi connectivity index (χ0) is 15.1. The lowest BCUT2D eigenvalue weighted by Gasteiger charge is -2.09. The summed E-state index contributed by atoms with van der Waals surface area (Å²) in [6.45, 7) is 2.74. The van der Waals surface area contributed by atoms with Gasteiger partial charge in [0.2, 0.25) is 0 Å². The third-order valence-corrected chi connectivity index (χ3v) is 6.16. The molecule has 1 aliphatic heterocycles. The summed E-state index contributed by atoms with van der Waals surface area (Å²) >= 11 is 3.61. The molecule has 3 aromatic heterocycles. The van der Waals surface area contributed by atoms with Crippen LogP contribution in [0, 0.1) is 6.92 Å². The van der Waals surface area contributed by atoms with Gasteiger partial charge in [0, 0.05) is 29.8 Å². The van der Waals surface area contributed by atoms with Crippen molar-refractivity contribution in [3.63, 3.8) is 0 Å². The molecule has 7 heteroatoms. The van der Waals surface area contributed by atoms with E-state index in [0.717, 1.165) is 46.1 Å². The Bertz CT molecular complexity index is 893. The average molecular weight is 332 g/mol. The van der Waals surface area contributed by atoms with Gasteiger partial charge in [-0.15, -0.1) is 11.3 Å². The Morgan fingerprint density at radius 1 is 1.45 bits per heavy atom. The molecule has 1 aliphatic rings. The predicted octanol–water partition coefficient (Wildman–Crippen LogP) is 2.52. The standard InChI is InChI=1S/C15H16N4OS2/c1-9-6-16-19(7-9)4-2-12-17-14(20)13-10-3-5-21-8-11(10)22-15(13)18-12/h6-7H,2-5,8H2,1H3,(H,17,18,20). The molecule has 0 amide bonds. The second-order valence-electron chi connectivity index (χ2n) is 5.53. The van der Waals surface area contributed by atoms with Crippen molar-refractivity contribution >= 4 is 33.3 Å². The molecule has 0 atom stereocenters. The van der Waals surface area contributed by atoms with E-state index in [4.69, 9.17) is 0 Å². The van der Waals surface area contributed by atoms with Gasteiger partial charge >= 0.3 is 0 Å². The van der Waals surface area contributed by atoms with Crippen LogP contribution in [0.15, 0.2) is 17.2 Å². The van der Waals surface area contributed by atoms with E-state index in [9.17, 15) is 4.79 Å². The van der Waals surface area contributed by atoms with Crippen molar-refractivity contribution in [2.75, 3.05) is 5.75 Å². The van der Waals surface area contributed by atoms with Crippen LogP contribution >= 0.6 is 23.1 Å². The number of hydrogen-bond acceptors (Lipinski definition) is 5.